The van der Waals surface area contributed by atoms with E-state index in [2.05, 4.69) is 53.3 Å². The molecule has 0 saturated heterocycles. The normalized spacial score (nSPS) is 11.9. The van der Waals surface area contributed by atoms with Crippen LogP contribution in [-0.4, -0.2) is 54.5 Å². The number of aryl methyl sites for hydroxylation is 1. The smallest absolute Gasteiger partial charge is 0.261 e. The maximum Gasteiger partial charge on any atom is 0.261 e. The molecule has 0 aliphatic heterocycles. The van der Waals surface area contributed by atoms with E-state index in [9.17, 15) is 4.79 Å². The Kier molecular flexibility index (Phi) is 10.4. The topological polar surface area (TPSA) is 70.6 Å². The molecule has 0 bridgehead atoms. The van der Waals surface area contributed by atoms with E-state index >= 15 is 0 Å². The summed E-state index contributed by atoms with van der Waals surface area (Å²) in [7, 11) is 4.15. The van der Waals surface area contributed by atoms with Crippen LogP contribution in [0.4, 0.5) is 11.6 Å². The van der Waals surface area contributed by atoms with Gasteiger partial charge in [0.1, 0.15) is 0 Å². The molecule has 7 heteroatoms. The van der Waals surface area contributed by atoms with Crippen LogP contribution in [-0.2, 0) is 11.3 Å². The Bertz CT molecular complexity index is 1100. The van der Waals surface area contributed by atoms with E-state index in [1.165, 1.54) is 5.56 Å². The molecule has 0 unspecified atom stereocenters. The minimum Gasteiger partial charge on any atom is -0.369 e. The van der Waals surface area contributed by atoms with Crippen LogP contribution in [0.2, 0.25) is 0 Å². The molecule has 0 aliphatic carbocycles. The van der Waals surface area contributed by atoms with Crippen LogP contribution in [0.15, 0.2) is 60.8 Å². The second-order valence-electron chi connectivity index (χ2n) is 9.15. The first-order valence-corrected chi connectivity index (χ1v) is 12.7. The first-order chi connectivity index (χ1) is 17.4. The minimum absolute atomic E-state index is 0.000626. The molecule has 0 saturated carbocycles. The standard InChI is InChI=1S/C29H39N5O2/c1-6-17-34(28(35)26-20-31-29(30-7-2)32-22(26)3)25-15-11-12-23(19-25)21-36-27(16-18-33(4)5)24-13-9-8-10-14-24/h8-15,19-20,27H,6-7,16-18,21H2,1-5H3,(H,30,31,32)/t27-/m0/s1. The van der Waals surface area contributed by atoms with E-state index in [0.29, 0.717) is 30.4 Å². The molecule has 0 fully saturated rings. The highest BCUT2D eigenvalue weighted by molar-refractivity contribution is 6.06. The van der Waals surface area contributed by atoms with E-state index < -0.39 is 0 Å². The number of carbonyl (C=O) groups is 1. The van der Waals surface area contributed by atoms with Crippen molar-refractivity contribution >= 4 is 17.5 Å². The second-order valence-corrected chi connectivity index (χ2v) is 9.15. The molecule has 1 amide bonds. The van der Waals surface area contributed by atoms with Gasteiger partial charge in [-0.15, -0.1) is 0 Å². The number of nitrogens with one attached hydrogen (secondary N) is 1. The van der Waals surface area contributed by atoms with Gasteiger partial charge in [0.05, 0.1) is 24.0 Å². The number of carbonyl (C=O) groups excluding carboxylic acids is 1. The predicted octanol–water partition coefficient (Wildman–Crippen LogP) is 5.48. The number of anilines is 2. The zero-order valence-corrected chi connectivity index (χ0v) is 22.2. The maximum atomic E-state index is 13.5. The first-order valence-electron chi connectivity index (χ1n) is 12.7. The van der Waals surface area contributed by atoms with Crippen LogP contribution in [0.3, 0.4) is 0 Å². The van der Waals surface area contributed by atoms with Crippen molar-refractivity contribution in [2.75, 3.05) is 43.9 Å². The zero-order valence-electron chi connectivity index (χ0n) is 22.2. The lowest BCUT2D eigenvalue weighted by Gasteiger charge is -2.24. The lowest BCUT2D eigenvalue weighted by molar-refractivity contribution is 0.0296. The number of benzene rings is 2. The highest BCUT2D eigenvalue weighted by Crippen LogP contribution is 2.25. The quantitative estimate of drug-likeness (QED) is 0.343. The third-order valence-electron chi connectivity index (χ3n) is 5.92. The van der Waals surface area contributed by atoms with Crippen molar-refractivity contribution in [1.82, 2.24) is 14.9 Å². The maximum absolute atomic E-state index is 13.5. The summed E-state index contributed by atoms with van der Waals surface area (Å²) in [5.74, 6) is 0.443. The average Bonchev–Trinajstić information content (AvgIpc) is 2.88. The summed E-state index contributed by atoms with van der Waals surface area (Å²) < 4.78 is 6.40. The van der Waals surface area contributed by atoms with Gasteiger partial charge >= 0.3 is 0 Å². The monoisotopic (exact) mass is 489 g/mol. The fraction of sp³-hybridized carbons (Fsp3) is 0.414. The highest BCUT2D eigenvalue weighted by Gasteiger charge is 2.21. The Morgan fingerprint density at radius 2 is 1.83 bits per heavy atom. The predicted molar refractivity (Wildman–Crippen MR) is 146 cm³/mol. The molecule has 192 valence electrons. The van der Waals surface area contributed by atoms with Crippen molar-refractivity contribution in [2.24, 2.45) is 0 Å². The van der Waals surface area contributed by atoms with Crippen LogP contribution >= 0.6 is 0 Å². The molecule has 2 aromatic carbocycles. The minimum atomic E-state index is -0.0939. The van der Waals surface area contributed by atoms with Crippen LogP contribution in [0, 0.1) is 6.92 Å². The molecular formula is C29H39N5O2. The SMILES string of the molecule is CCCN(C(=O)c1cnc(NCC)nc1C)c1cccc(CO[C@@H](CCN(C)C)c2ccccc2)c1. The summed E-state index contributed by atoms with van der Waals surface area (Å²) in [4.78, 5) is 26.3. The lowest BCUT2D eigenvalue weighted by atomic mass is 10.1. The number of rotatable bonds is 13. The van der Waals surface area contributed by atoms with E-state index in [-0.39, 0.29) is 12.0 Å². The lowest BCUT2D eigenvalue weighted by Crippen LogP contribution is -2.32. The Labute approximate surface area is 215 Å². The zero-order chi connectivity index (χ0) is 25.9. The van der Waals surface area contributed by atoms with Gasteiger partial charge in [0.2, 0.25) is 5.95 Å². The van der Waals surface area contributed by atoms with Gasteiger partial charge in [-0.3, -0.25) is 4.79 Å². The molecule has 0 radical (unpaired) electrons. The number of aromatic nitrogens is 2. The first kappa shape index (κ1) is 27.3. The summed E-state index contributed by atoms with van der Waals surface area (Å²) in [6, 6.07) is 18.4. The summed E-state index contributed by atoms with van der Waals surface area (Å²) in [5, 5.41) is 3.09. The molecular weight excluding hydrogens is 450 g/mol. The van der Waals surface area contributed by atoms with Crippen molar-refractivity contribution in [3.05, 3.63) is 83.2 Å². The van der Waals surface area contributed by atoms with Crippen molar-refractivity contribution in [2.45, 2.75) is 46.3 Å². The van der Waals surface area contributed by atoms with Crippen LogP contribution < -0.4 is 10.2 Å². The molecule has 0 spiro atoms. The molecule has 1 N–H and O–H groups in total. The van der Waals surface area contributed by atoms with Gasteiger partial charge in [-0.25, -0.2) is 9.97 Å². The molecule has 7 nitrogen and oxygen atoms in total. The summed E-state index contributed by atoms with van der Waals surface area (Å²) >= 11 is 0. The van der Waals surface area contributed by atoms with Gasteiger partial charge in [-0.05, 0) is 64.0 Å². The van der Waals surface area contributed by atoms with Gasteiger partial charge in [-0.2, -0.15) is 0 Å². The Hall–Kier alpha value is -3.29. The van der Waals surface area contributed by atoms with Crippen molar-refractivity contribution in [1.29, 1.82) is 0 Å². The summed E-state index contributed by atoms with van der Waals surface area (Å²) in [6.07, 6.45) is 3.36. The van der Waals surface area contributed by atoms with Crippen LogP contribution in [0.5, 0.6) is 0 Å². The number of amides is 1. The van der Waals surface area contributed by atoms with E-state index in [1.807, 2.05) is 61.2 Å². The number of hydrogen-bond donors (Lipinski definition) is 1. The third kappa shape index (κ3) is 7.60. The molecule has 0 aliphatic rings. The van der Waals surface area contributed by atoms with Gasteiger partial charge in [-0.1, -0.05) is 49.4 Å². The van der Waals surface area contributed by atoms with Gasteiger partial charge in [0.25, 0.3) is 5.91 Å². The third-order valence-corrected chi connectivity index (χ3v) is 5.92. The van der Waals surface area contributed by atoms with E-state index in [4.69, 9.17) is 4.74 Å². The summed E-state index contributed by atoms with van der Waals surface area (Å²) in [6.45, 7) is 8.64. The fourth-order valence-corrected chi connectivity index (χ4v) is 4.04. The van der Waals surface area contributed by atoms with Crippen LogP contribution in [0.25, 0.3) is 0 Å². The Balaban J connectivity index is 1.78. The Morgan fingerprint density at radius 1 is 1.06 bits per heavy atom. The largest absolute Gasteiger partial charge is 0.369 e. The number of nitrogens with zero attached hydrogens (tertiary/aromatic N) is 4. The van der Waals surface area contributed by atoms with E-state index in [0.717, 1.165) is 37.2 Å². The van der Waals surface area contributed by atoms with Crippen molar-refractivity contribution in [3.63, 3.8) is 0 Å². The molecule has 3 rings (SSSR count). The molecule has 1 heterocycles. The molecule has 36 heavy (non-hydrogen) atoms. The molecule has 1 aromatic heterocycles. The Morgan fingerprint density at radius 3 is 2.50 bits per heavy atom. The summed E-state index contributed by atoms with van der Waals surface area (Å²) in [5.41, 5.74) is 4.23. The number of hydrogen-bond acceptors (Lipinski definition) is 6. The van der Waals surface area contributed by atoms with Crippen molar-refractivity contribution < 1.29 is 9.53 Å². The fourth-order valence-electron chi connectivity index (χ4n) is 4.04. The highest BCUT2D eigenvalue weighted by atomic mass is 16.5. The van der Waals surface area contributed by atoms with Crippen molar-refractivity contribution in [3.8, 4) is 0 Å². The average molecular weight is 490 g/mol. The van der Waals surface area contributed by atoms with E-state index in [1.54, 1.807) is 6.20 Å². The molecule has 3 aromatic rings. The second kappa shape index (κ2) is 13.7. The van der Waals surface area contributed by atoms with Crippen LogP contribution in [0.1, 0.15) is 60.0 Å². The van der Waals surface area contributed by atoms with Gasteiger partial charge in [0, 0.05) is 31.5 Å². The number of ether oxygens (including phenoxy) is 1. The molecule has 1 atom stereocenters. The van der Waals surface area contributed by atoms with Gasteiger partial charge < -0.3 is 19.9 Å². The van der Waals surface area contributed by atoms with Gasteiger partial charge in [0.15, 0.2) is 0 Å².